The first-order chi connectivity index (χ1) is 15.1. The summed E-state index contributed by atoms with van der Waals surface area (Å²) < 4.78 is 37.5. The smallest absolute Gasteiger partial charge is 0.412 e. The van der Waals surface area contributed by atoms with Gasteiger partial charge in [-0.2, -0.15) is 0 Å². The first-order valence-corrected chi connectivity index (χ1v) is 9.89. The highest BCUT2D eigenvalue weighted by Gasteiger charge is 2.16. The van der Waals surface area contributed by atoms with Crippen LogP contribution in [0.3, 0.4) is 0 Å². The Hall–Kier alpha value is -3.75. The van der Waals surface area contributed by atoms with Gasteiger partial charge in [0.05, 0.1) is 11.8 Å². The molecular weight excluding hydrogens is 420 g/mol. The molecule has 0 saturated heterocycles. The van der Waals surface area contributed by atoms with Crippen molar-refractivity contribution in [3.8, 4) is 11.3 Å². The topological polar surface area (TPSA) is 93.5 Å². The SMILES string of the molecule is CC(C)(C)OC(=O)Nc1ccc(NC(=O)CCc2ncc(-c3ccc(F)cc3F)o2)cc1. The second kappa shape index (κ2) is 9.59. The van der Waals surface area contributed by atoms with Crippen LogP contribution in [0, 0.1) is 11.6 Å². The second-order valence-electron chi connectivity index (χ2n) is 7.99. The zero-order valence-electron chi connectivity index (χ0n) is 17.9. The molecule has 0 atom stereocenters. The Kier molecular flexibility index (Phi) is 6.87. The summed E-state index contributed by atoms with van der Waals surface area (Å²) in [5, 5.41) is 5.34. The van der Waals surface area contributed by atoms with Crippen molar-refractivity contribution in [3.63, 3.8) is 0 Å². The van der Waals surface area contributed by atoms with E-state index in [1.807, 2.05) is 0 Å². The molecule has 2 amide bonds. The van der Waals surface area contributed by atoms with Gasteiger partial charge in [-0.05, 0) is 57.2 Å². The van der Waals surface area contributed by atoms with Crippen molar-refractivity contribution in [1.82, 2.24) is 4.98 Å². The number of benzene rings is 2. The molecule has 0 aliphatic heterocycles. The number of amides is 2. The van der Waals surface area contributed by atoms with Crippen LogP contribution in [0.2, 0.25) is 0 Å². The first-order valence-electron chi connectivity index (χ1n) is 9.89. The van der Waals surface area contributed by atoms with Gasteiger partial charge in [-0.3, -0.25) is 10.1 Å². The van der Waals surface area contributed by atoms with E-state index in [1.54, 1.807) is 45.0 Å². The summed E-state index contributed by atoms with van der Waals surface area (Å²) >= 11 is 0. The van der Waals surface area contributed by atoms with E-state index in [1.165, 1.54) is 12.3 Å². The van der Waals surface area contributed by atoms with Crippen molar-refractivity contribution in [2.45, 2.75) is 39.2 Å². The molecule has 0 saturated carbocycles. The van der Waals surface area contributed by atoms with E-state index < -0.39 is 23.3 Å². The standard InChI is InChI=1S/C23H23F2N3O4/c1-23(2,3)32-22(30)28-16-7-5-15(6-8-16)27-20(29)10-11-21-26-13-19(31-21)17-9-4-14(24)12-18(17)25/h4-9,12-13H,10-11H2,1-3H3,(H,27,29)(H,28,30). The summed E-state index contributed by atoms with van der Waals surface area (Å²) in [5.74, 6) is -1.29. The van der Waals surface area contributed by atoms with Crippen LogP contribution in [-0.4, -0.2) is 22.6 Å². The van der Waals surface area contributed by atoms with Crippen LogP contribution in [0.4, 0.5) is 25.0 Å². The zero-order chi connectivity index (χ0) is 23.3. The van der Waals surface area contributed by atoms with E-state index in [-0.39, 0.29) is 36.0 Å². The molecule has 0 aliphatic rings. The number of aryl methyl sites for hydroxylation is 1. The quantitative estimate of drug-likeness (QED) is 0.522. The van der Waals surface area contributed by atoms with Crippen LogP contribution in [0.15, 0.2) is 53.1 Å². The van der Waals surface area contributed by atoms with Crippen molar-refractivity contribution in [2.75, 3.05) is 10.6 Å². The van der Waals surface area contributed by atoms with E-state index in [0.717, 1.165) is 12.1 Å². The molecule has 32 heavy (non-hydrogen) atoms. The lowest BCUT2D eigenvalue weighted by Crippen LogP contribution is -2.27. The molecule has 168 valence electrons. The normalized spacial score (nSPS) is 11.2. The van der Waals surface area contributed by atoms with Crippen LogP contribution < -0.4 is 10.6 Å². The molecule has 0 radical (unpaired) electrons. The number of nitrogens with one attached hydrogen (secondary N) is 2. The predicted molar refractivity (Wildman–Crippen MR) is 115 cm³/mol. The number of oxazole rings is 1. The highest BCUT2D eigenvalue weighted by atomic mass is 19.1. The first kappa shape index (κ1) is 22.9. The molecule has 9 heteroatoms. The van der Waals surface area contributed by atoms with E-state index in [9.17, 15) is 18.4 Å². The second-order valence-corrected chi connectivity index (χ2v) is 7.99. The third-order valence-corrected chi connectivity index (χ3v) is 4.13. The van der Waals surface area contributed by atoms with E-state index in [0.29, 0.717) is 11.4 Å². The molecule has 7 nitrogen and oxygen atoms in total. The van der Waals surface area contributed by atoms with Crippen LogP contribution in [0.5, 0.6) is 0 Å². The van der Waals surface area contributed by atoms with Crippen LogP contribution >= 0.6 is 0 Å². The van der Waals surface area contributed by atoms with Gasteiger partial charge in [0.1, 0.15) is 17.2 Å². The number of halogens is 2. The zero-order valence-corrected chi connectivity index (χ0v) is 17.9. The summed E-state index contributed by atoms with van der Waals surface area (Å²) in [4.78, 5) is 28.0. The number of aromatic nitrogens is 1. The number of carbonyl (C=O) groups excluding carboxylic acids is 2. The molecule has 1 heterocycles. The van der Waals surface area contributed by atoms with Gasteiger partial charge in [0.2, 0.25) is 5.91 Å². The summed E-state index contributed by atoms with van der Waals surface area (Å²) in [7, 11) is 0. The van der Waals surface area contributed by atoms with Gasteiger partial charge in [-0.25, -0.2) is 18.6 Å². The number of carbonyl (C=O) groups is 2. The highest BCUT2D eigenvalue weighted by molar-refractivity contribution is 5.91. The van der Waals surface area contributed by atoms with E-state index in [2.05, 4.69) is 15.6 Å². The Balaban J connectivity index is 1.50. The Bertz CT molecular complexity index is 1110. The predicted octanol–water partition coefficient (Wildman–Crippen LogP) is 5.54. The molecular formula is C23H23F2N3O4. The Labute approximate surface area is 183 Å². The fourth-order valence-electron chi connectivity index (χ4n) is 2.74. The van der Waals surface area contributed by atoms with Gasteiger partial charge in [-0.15, -0.1) is 0 Å². The molecule has 0 unspecified atom stereocenters. The Morgan fingerprint density at radius 2 is 1.69 bits per heavy atom. The summed E-state index contributed by atoms with van der Waals surface area (Å²) in [5.41, 5.74) is 0.563. The number of rotatable bonds is 6. The van der Waals surface area contributed by atoms with E-state index in [4.69, 9.17) is 9.15 Å². The molecule has 0 fully saturated rings. The maximum atomic E-state index is 13.9. The molecule has 2 N–H and O–H groups in total. The average molecular weight is 443 g/mol. The summed E-state index contributed by atoms with van der Waals surface area (Å²) in [6.07, 6.45) is 1.05. The van der Waals surface area contributed by atoms with Gasteiger partial charge in [0, 0.05) is 30.3 Å². The van der Waals surface area contributed by atoms with Gasteiger partial charge in [0.25, 0.3) is 0 Å². The molecule has 1 aromatic heterocycles. The third kappa shape index (κ3) is 6.63. The highest BCUT2D eigenvalue weighted by Crippen LogP contribution is 2.24. The van der Waals surface area contributed by atoms with Gasteiger partial charge >= 0.3 is 6.09 Å². The molecule has 0 aliphatic carbocycles. The van der Waals surface area contributed by atoms with Gasteiger partial charge in [0.15, 0.2) is 11.7 Å². The fourth-order valence-corrected chi connectivity index (χ4v) is 2.74. The average Bonchev–Trinajstić information content (AvgIpc) is 3.15. The van der Waals surface area contributed by atoms with Crippen LogP contribution in [0.25, 0.3) is 11.3 Å². The lowest BCUT2D eigenvalue weighted by atomic mass is 10.2. The maximum absolute atomic E-state index is 13.9. The monoisotopic (exact) mass is 443 g/mol. The molecule has 2 aromatic carbocycles. The minimum absolute atomic E-state index is 0.0871. The van der Waals surface area contributed by atoms with E-state index >= 15 is 0 Å². The number of hydrogen-bond acceptors (Lipinski definition) is 5. The number of nitrogens with zero attached hydrogens (tertiary/aromatic N) is 1. The minimum Gasteiger partial charge on any atom is -0.444 e. The lowest BCUT2D eigenvalue weighted by Gasteiger charge is -2.19. The summed E-state index contributed by atoms with van der Waals surface area (Å²) in [6, 6.07) is 9.72. The Morgan fingerprint density at radius 3 is 2.31 bits per heavy atom. The van der Waals surface area contributed by atoms with Crippen molar-refractivity contribution in [1.29, 1.82) is 0 Å². The number of anilines is 2. The minimum atomic E-state index is -0.755. The Morgan fingerprint density at radius 1 is 1.03 bits per heavy atom. The van der Waals surface area contributed by atoms with Crippen LogP contribution in [-0.2, 0) is 16.0 Å². The maximum Gasteiger partial charge on any atom is 0.412 e. The third-order valence-electron chi connectivity index (χ3n) is 4.13. The molecule has 0 spiro atoms. The van der Waals surface area contributed by atoms with Crippen molar-refractivity contribution < 1.29 is 27.5 Å². The van der Waals surface area contributed by atoms with Crippen molar-refractivity contribution in [3.05, 3.63) is 66.2 Å². The largest absolute Gasteiger partial charge is 0.444 e. The van der Waals surface area contributed by atoms with Gasteiger partial charge < -0.3 is 14.5 Å². The molecule has 3 aromatic rings. The summed E-state index contributed by atoms with van der Waals surface area (Å²) in [6.45, 7) is 5.31. The van der Waals surface area contributed by atoms with Crippen molar-refractivity contribution in [2.24, 2.45) is 0 Å². The molecule has 3 rings (SSSR count). The number of hydrogen-bond donors (Lipinski definition) is 2. The van der Waals surface area contributed by atoms with Crippen LogP contribution in [0.1, 0.15) is 33.1 Å². The lowest BCUT2D eigenvalue weighted by molar-refractivity contribution is -0.116. The number of ether oxygens (including phenoxy) is 1. The molecule has 0 bridgehead atoms. The fraction of sp³-hybridized carbons (Fsp3) is 0.261. The van der Waals surface area contributed by atoms with Gasteiger partial charge in [-0.1, -0.05) is 0 Å². The van der Waals surface area contributed by atoms with Crippen molar-refractivity contribution >= 4 is 23.4 Å².